The lowest BCUT2D eigenvalue weighted by Gasteiger charge is -2.11. The quantitative estimate of drug-likeness (QED) is 0.430. The molecule has 1 heterocycles. The summed E-state index contributed by atoms with van der Waals surface area (Å²) in [7, 11) is 3.95. The highest BCUT2D eigenvalue weighted by Gasteiger charge is 2.32. The van der Waals surface area contributed by atoms with Crippen LogP contribution in [0.15, 0.2) is 52.7 Å². The largest absolute Gasteiger partial charge is 0.378 e. The zero-order chi connectivity index (χ0) is 21.0. The number of rotatable bonds is 6. The van der Waals surface area contributed by atoms with E-state index in [9.17, 15) is 9.59 Å². The Hall–Kier alpha value is -2.64. The van der Waals surface area contributed by atoms with Crippen LogP contribution in [0.4, 0.5) is 5.69 Å². The van der Waals surface area contributed by atoms with Crippen LogP contribution >= 0.6 is 23.4 Å². The van der Waals surface area contributed by atoms with E-state index in [2.05, 4.69) is 15.5 Å². The molecule has 0 aliphatic carbocycles. The van der Waals surface area contributed by atoms with Crippen molar-refractivity contribution in [2.45, 2.75) is 18.6 Å². The van der Waals surface area contributed by atoms with Crippen molar-refractivity contribution >= 4 is 52.1 Å². The molecule has 0 saturated carbocycles. The van der Waals surface area contributed by atoms with Gasteiger partial charge in [0.1, 0.15) is 0 Å². The maximum absolute atomic E-state index is 12.5. The summed E-state index contributed by atoms with van der Waals surface area (Å²) in [6.07, 6.45) is 1.71. The van der Waals surface area contributed by atoms with Crippen molar-refractivity contribution in [1.82, 2.24) is 5.32 Å². The molecule has 1 atom stereocenters. The number of aryl methyl sites for hydroxylation is 1. The van der Waals surface area contributed by atoms with Crippen LogP contribution in [0.5, 0.6) is 0 Å². The standard InChI is InChI=1S/C21H21ClN4O2S/c1-13-10-15(6-9-17(13)22)18(27)11-19-20(28)24-21(29-19)25-23-12-14-4-7-16(8-5-14)26(2)3/h4-10,12,19H,11H2,1-3H3,(H,24,25,28)/b23-12+. The molecule has 1 amide bonds. The van der Waals surface area contributed by atoms with Crippen LogP contribution in [-0.2, 0) is 4.79 Å². The minimum absolute atomic E-state index is 0.0896. The minimum Gasteiger partial charge on any atom is -0.378 e. The van der Waals surface area contributed by atoms with Crippen LogP contribution in [-0.4, -0.2) is 42.4 Å². The molecule has 1 aliphatic heterocycles. The molecular formula is C21H21ClN4O2S. The number of carbonyl (C=O) groups is 2. The second kappa shape index (κ2) is 9.24. The summed E-state index contributed by atoms with van der Waals surface area (Å²) in [5, 5.41) is 11.3. The molecule has 1 saturated heterocycles. The Balaban J connectivity index is 1.60. The number of nitrogens with zero attached hydrogens (tertiary/aromatic N) is 3. The van der Waals surface area contributed by atoms with Gasteiger partial charge in [0.05, 0.1) is 11.5 Å². The van der Waals surface area contributed by atoms with Crippen molar-refractivity contribution in [3.63, 3.8) is 0 Å². The van der Waals surface area contributed by atoms with Gasteiger partial charge >= 0.3 is 0 Å². The summed E-state index contributed by atoms with van der Waals surface area (Å²) in [6.45, 7) is 1.84. The van der Waals surface area contributed by atoms with Crippen LogP contribution in [0.1, 0.15) is 27.9 Å². The van der Waals surface area contributed by atoms with Gasteiger partial charge in [-0.15, -0.1) is 5.10 Å². The average Bonchev–Trinajstić information content (AvgIpc) is 3.03. The Labute approximate surface area is 179 Å². The van der Waals surface area contributed by atoms with Crippen molar-refractivity contribution in [3.05, 3.63) is 64.2 Å². The normalized spacial score (nSPS) is 17.7. The number of nitrogens with one attached hydrogen (secondary N) is 1. The fourth-order valence-electron chi connectivity index (χ4n) is 2.70. The number of hydrogen-bond acceptors (Lipinski definition) is 6. The maximum Gasteiger partial charge on any atom is 0.240 e. The van der Waals surface area contributed by atoms with E-state index >= 15 is 0 Å². The Kier molecular flexibility index (Phi) is 6.71. The van der Waals surface area contributed by atoms with E-state index in [-0.39, 0.29) is 18.1 Å². The van der Waals surface area contributed by atoms with E-state index in [0.717, 1.165) is 16.8 Å². The highest BCUT2D eigenvalue weighted by molar-refractivity contribution is 8.15. The number of ketones is 1. The van der Waals surface area contributed by atoms with Crippen LogP contribution in [0.25, 0.3) is 0 Å². The SMILES string of the molecule is Cc1cc(C(=O)CC2S/C(=N/N=C/c3ccc(N(C)C)cc3)NC2=O)ccc1Cl. The van der Waals surface area contributed by atoms with Crippen LogP contribution < -0.4 is 10.2 Å². The molecule has 1 aliphatic rings. The van der Waals surface area contributed by atoms with Crippen molar-refractivity contribution in [1.29, 1.82) is 0 Å². The topological polar surface area (TPSA) is 74.1 Å². The molecule has 0 aromatic heterocycles. The zero-order valence-electron chi connectivity index (χ0n) is 16.3. The lowest BCUT2D eigenvalue weighted by molar-refractivity contribution is -0.118. The van der Waals surface area contributed by atoms with E-state index in [1.807, 2.05) is 50.2 Å². The molecule has 2 aromatic carbocycles. The van der Waals surface area contributed by atoms with Crippen LogP contribution in [0.2, 0.25) is 5.02 Å². The predicted molar refractivity (Wildman–Crippen MR) is 120 cm³/mol. The van der Waals surface area contributed by atoms with E-state index in [0.29, 0.717) is 15.8 Å². The van der Waals surface area contributed by atoms with Crippen molar-refractivity contribution < 1.29 is 9.59 Å². The third kappa shape index (κ3) is 5.46. The first-order valence-corrected chi connectivity index (χ1v) is 10.2. The third-order valence-corrected chi connectivity index (χ3v) is 5.89. The molecule has 8 heteroatoms. The Morgan fingerprint density at radius 1 is 1.24 bits per heavy atom. The van der Waals surface area contributed by atoms with Gasteiger partial charge in [0.15, 0.2) is 11.0 Å². The molecule has 6 nitrogen and oxygen atoms in total. The summed E-state index contributed by atoms with van der Waals surface area (Å²) >= 11 is 7.21. The number of halogens is 1. The molecule has 1 fully saturated rings. The number of Topliss-reactive ketones (excluding diaryl/α,β-unsaturated/α-hetero) is 1. The van der Waals surface area contributed by atoms with Gasteiger partial charge in [-0.2, -0.15) is 5.10 Å². The van der Waals surface area contributed by atoms with E-state index < -0.39 is 5.25 Å². The monoisotopic (exact) mass is 428 g/mol. The number of benzene rings is 2. The zero-order valence-corrected chi connectivity index (χ0v) is 17.9. The lowest BCUT2D eigenvalue weighted by atomic mass is 10.0. The van der Waals surface area contributed by atoms with Gasteiger partial charge in [-0.05, 0) is 48.4 Å². The Morgan fingerprint density at radius 3 is 2.62 bits per heavy atom. The van der Waals surface area contributed by atoms with Gasteiger partial charge in [-0.25, -0.2) is 0 Å². The summed E-state index contributed by atoms with van der Waals surface area (Å²) in [5.41, 5.74) is 3.37. The van der Waals surface area contributed by atoms with Crippen molar-refractivity contribution in [2.24, 2.45) is 10.2 Å². The fourth-order valence-corrected chi connectivity index (χ4v) is 3.74. The Morgan fingerprint density at radius 2 is 1.97 bits per heavy atom. The molecule has 1 N–H and O–H groups in total. The third-order valence-electron chi connectivity index (χ3n) is 4.39. The van der Waals surface area contributed by atoms with Gasteiger partial charge in [-0.1, -0.05) is 35.5 Å². The van der Waals surface area contributed by atoms with Crippen LogP contribution in [0, 0.1) is 6.92 Å². The average molecular weight is 429 g/mol. The maximum atomic E-state index is 12.5. The predicted octanol–water partition coefficient (Wildman–Crippen LogP) is 3.91. The first-order chi connectivity index (χ1) is 13.8. The molecule has 3 rings (SSSR count). The molecule has 29 heavy (non-hydrogen) atoms. The van der Waals surface area contributed by atoms with Crippen molar-refractivity contribution in [3.8, 4) is 0 Å². The van der Waals surface area contributed by atoms with Gasteiger partial charge in [0.2, 0.25) is 5.91 Å². The van der Waals surface area contributed by atoms with Gasteiger partial charge in [0.25, 0.3) is 0 Å². The molecule has 0 bridgehead atoms. The number of amidine groups is 1. The minimum atomic E-state index is -0.521. The molecule has 1 unspecified atom stereocenters. The highest BCUT2D eigenvalue weighted by atomic mass is 35.5. The number of thioether (sulfide) groups is 1. The van der Waals surface area contributed by atoms with Gasteiger partial charge in [0, 0.05) is 36.8 Å². The number of carbonyl (C=O) groups excluding carboxylic acids is 2. The van der Waals surface area contributed by atoms with E-state index in [4.69, 9.17) is 11.6 Å². The Bertz CT molecular complexity index is 987. The van der Waals surface area contributed by atoms with Gasteiger partial charge < -0.3 is 10.2 Å². The molecule has 0 radical (unpaired) electrons. The smallest absolute Gasteiger partial charge is 0.240 e. The molecule has 150 valence electrons. The van der Waals surface area contributed by atoms with Gasteiger partial charge in [-0.3, -0.25) is 9.59 Å². The highest BCUT2D eigenvalue weighted by Crippen LogP contribution is 2.25. The van der Waals surface area contributed by atoms with Crippen molar-refractivity contribution in [2.75, 3.05) is 19.0 Å². The molecular weight excluding hydrogens is 408 g/mol. The van der Waals surface area contributed by atoms with E-state index in [1.54, 1.807) is 24.4 Å². The van der Waals surface area contributed by atoms with Crippen LogP contribution in [0.3, 0.4) is 0 Å². The summed E-state index contributed by atoms with van der Waals surface area (Å²) in [6, 6.07) is 13.0. The fraction of sp³-hybridized carbons (Fsp3) is 0.238. The number of hydrogen-bond donors (Lipinski definition) is 1. The first-order valence-electron chi connectivity index (χ1n) is 8.99. The van der Waals surface area contributed by atoms with E-state index in [1.165, 1.54) is 11.8 Å². The molecule has 2 aromatic rings. The molecule has 0 spiro atoms. The second-order valence-corrected chi connectivity index (χ2v) is 8.42. The lowest BCUT2D eigenvalue weighted by Crippen LogP contribution is -2.26. The summed E-state index contributed by atoms with van der Waals surface area (Å²) in [4.78, 5) is 26.7. The second-order valence-electron chi connectivity index (χ2n) is 6.82. The number of amides is 1. The number of anilines is 1. The first kappa shape index (κ1) is 21.1. The summed E-state index contributed by atoms with van der Waals surface area (Å²) in [5.74, 6) is -0.346. The summed E-state index contributed by atoms with van der Waals surface area (Å²) < 4.78 is 0.